The van der Waals surface area contributed by atoms with Gasteiger partial charge in [0.05, 0.1) is 28.8 Å². The maximum absolute atomic E-state index is 11.4. The predicted molar refractivity (Wildman–Crippen MR) is 75.1 cm³/mol. The first-order chi connectivity index (χ1) is 9.88. The maximum Gasteiger partial charge on any atom is 0.175 e. The van der Waals surface area contributed by atoms with Gasteiger partial charge in [0.15, 0.2) is 9.84 Å². The molecule has 0 aliphatic rings. The summed E-state index contributed by atoms with van der Waals surface area (Å²) in [6.45, 7) is 0. The van der Waals surface area contributed by atoms with Gasteiger partial charge in [-0.15, -0.1) is 0 Å². The second kappa shape index (κ2) is 5.27. The second-order valence-electron chi connectivity index (χ2n) is 4.33. The van der Waals surface area contributed by atoms with Crippen LogP contribution in [0.2, 0.25) is 0 Å². The molecule has 0 saturated heterocycles. The SMILES string of the molecule is CS(=O)(=O)c1ccc(-n2nc(CC#N)c(C#N)c2N)cc1. The van der Waals surface area contributed by atoms with E-state index < -0.39 is 9.84 Å². The third kappa shape index (κ3) is 2.71. The highest BCUT2D eigenvalue weighted by molar-refractivity contribution is 7.90. The lowest BCUT2D eigenvalue weighted by molar-refractivity contribution is 0.602. The van der Waals surface area contributed by atoms with Gasteiger partial charge in [-0.25, -0.2) is 13.1 Å². The first kappa shape index (κ1) is 14.6. The molecule has 0 amide bonds. The quantitative estimate of drug-likeness (QED) is 0.893. The zero-order chi connectivity index (χ0) is 15.6. The van der Waals surface area contributed by atoms with Crippen LogP contribution in [0.5, 0.6) is 0 Å². The van der Waals surface area contributed by atoms with Crippen molar-refractivity contribution in [1.29, 1.82) is 10.5 Å². The Morgan fingerprint density at radius 2 is 1.90 bits per heavy atom. The van der Waals surface area contributed by atoms with Crippen LogP contribution in [0.3, 0.4) is 0 Å². The van der Waals surface area contributed by atoms with Crippen molar-refractivity contribution < 1.29 is 8.42 Å². The zero-order valence-corrected chi connectivity index (χ0v) is 11.9. The molecule has 0 aliphatic heterocycles. The van der Waals surface area contributed by atoms with Gasteiger partial charge in [-0.2, -0.15) is 15.6 Å². The lowest BCUT2D eigenvalue weighted by Crippen LogP contribution is -2.03. The number of sulfone groups is 1. The van der Waals surface area contributed by atoms with Gasteiger partial charge >= 0.3 is 0 Å². The summed E-state index contributed by atoms with van der Waals surface area (Å²) < 4.78 is 24.1. The third-order valence-electron chi connectivity index (χ3n) is 2.86. The fourth-order valence-electron chi connectivity index (χ4n) is 1.83. The minimum atomic E-state index is -3.28. The smallest absolute Gasteiger partial charge is 0.175 e. The molecule has 1 aromatic carbocycles. The van der Waals surface area contributed by atoms with Crippen LogP contribution in [0.25, 0.3) is 5.69 Å². The number of benzene rings is 1. The molecule has 1 heterocycles. The summed E-state index contributed by atoms with van der Waals surface area (Å²) in [5, 5.41) is 21.9. The van der Waals surface area contributed by atoms with E-state index >= 15 is 0 Å². The molecule has 8 heteroatoms. The van der Waals surface area contributed by atoms with Gasteiger partial charge in [0.25, 0.3) is 0 Å². The molecule has 0 radical (unpaired) electrons. The number of nitrogen functional groups attached to an aromatic ring is 1. The van der Waals surface area contributed by atoms with Gasteiger partial charge in [0, 0.05) is 6.26 Å². The molecule has 2 rings (SSSR count). The van der Waals surface area contributed by atoms with E-state index in [9.17, 15) is 8.42 Å². The number of hydrogen-bond donors (Lipinski definition) is 1. The molecule has 0 saturated carbocycles. The Labute approximate surface area is 121 Å². The second-order valence-corrected chi connectivity index (χ2v) is 6.35. The van der Waals surface area contributed by atoms with Crippen LogP contribution in [0, 0.1) is 22.7 Å². The Balaban J connectivity index is 2.53. The number of nitriles is 2. The first-order valence-electron chi connectivity index (χ1n) is 5.83. The Morgan fingerprint density at radius 3 is 2.38 bits per heavy atom. The largest absolute Gasteiger partial charge is 0.382 e. The summed E-state index contributed by atoms with van der Waals surface area (Å²) in [5.41, 5.74) is 6.82. The Hall–Kier alpha value is -2.84. The fraction of sp³-hybridized carbons (Fsp3) is 0.154. The summed E-state index contributed by atoms with van der Waals surface area (Å²) in [6, 6.07) is 9.78. The number of nitrogens with zero attached hydrogens (tertiary/aromatic N) is 4. The van der Waals surface area contributed by atoms with Crippen molar-refractivity contribution in [3.63, 3.8) is 0 Å². The summed E-state index contributed by atoms with van der Waals surface area (Å²) in [6.07, 6.45) is 1.09. The molecule has 21 heavy (non-hydrogen) atoms. The average Bonchev–Trinajstić information content (AvgIpc) is 2.74. The number of aromatic nitrogens is 2. The van der Waals surface area contributed by atoms with Crippen LogP contribution in [-0.4, -0.2) is 24.5 Å². The molecule has 1 aromatic heterocycles. The van der Waals surface area contributed by atoms with Crippen LogP contribution in [-0.2, 0) is 16.3 Å². The molecule has 0 atom stereocenters. The van der Waals surface area contributed by atoms with Crippen molar-refractivity contribution in [2.45, 2.75) is 11.3 Å². The summed E-state index contributed by atoms with van der Waals surface area (Å²) in [5.74, 6) is 0.120. The molecule has 0 bridgehead atoms. The lowest BCUT2D eigenvalue weighted by atomic mass is 10.2. The molecule has 0 aliphatic carbocycles. The molecule has 2 N–H and O–H groups in total. The number of hydrogen-bond acceptors (Lipinski definition) is 6. The third-order valence-corrected chi connectivity index (χ3v) is 3.99. The van der Waals surface area contributed by atoms with Gasteiger partial charge in [-0.05, 0) is 24.3 Å². The van der Waals surface area contributed by atoms with E-state index in [1.54, 1.807) is 0 Å². The van der Waals surface area contributed by atoms with Crippen LogP contribution < -0.4 is 5.73 Å². The van der Waals surface area contributed by atoms with Crippen LogP contribution in [0.1, 0.15) is 11.3 Å². The summed E-state index contributed by atoms with van der Waals surface area (Å²) in [4.78, 5) is 0.176. The van der Waals surface area contributed by atoms with E-state index in [0.29, 0.717) is 11.4 Å². The Kier molecular flexibility index (Phi) is 3.66. The average molecular weight is 301 g/mol. The topological polar surface area (TPSA) is 126 Å². The van der Waals surface area contributed by atoms with Crippen molar-refractivity contribution in [3.05, 3.63) is 35.5 Å². The fourth-order valence-corrected chi connectivity index (χ4v) is 2.46. The number of anilines is 1. The van der Waals surface area contributed by atoms with Crippen LogP contribution in [0.15, 0.2) is 29.2 Å². The van der Waals surface area contributed by atoms with Gasteiger partial charge in [0.2, 0.25) is 0 Å². The van der Waals surface area contributed by atoms with Crippen molar-refractivity contribution in [1.82, 2.24) is 9.78 Å². The van der Waals surface area contributed by atoms with Crippen LogP contribution >= 0.6 is 0 Å². The molecular formula is C13H11N5O2S. The highest BCUT2D eigenvalue weighted by Crippen LogP contribution is 2.21. The van der Waals surface area contributed by atoms with E-state index in [4.69, 9.17) is 16.3 Å². The molecule has 106 valence electrons. The summed E-state index contributed by atoms with van der Waals surface area (Å²) >= 11 is 0. The lowest BCUT2D eigenvalue weighted by Gasteiger charge is -2.05. The van der Waals surface area contributed by atoms with Gasteiger partial charge in [-0.3, -0.25) is 0 Å². The Bertz CT molecular complexity index is 867. The minimum Gasteiger partial charge on any atom is -0.382 e. The first-order valence-corrected chi connectivity index (χ1v) is 7.72. The van der Waals surface area contributed by atoms with E-state index in [0.717, 1.165) is 6.26 Å². The molecule has 7 nitrogen and oxygen atoms in total. The van der Waals surface area contributed by atoms with Gasteiger partial charge in [0.1, 0.15) is 17.5 Å². The molecule has 0 unspecified atom stereocenters. The predicted octanol–water partition coefficient (Wildman–Crippen LogP) is 0.796. The van der Waals surface area contributed by atoms with Gasteiger partial charge in [-0.1, -0.05) is 0 Å². The molecule has 2 aromatic rings. The van der Waals surface area contributed by atoms with E-state index in [2.05, 4.69) is 5.10 Å². The van der Waals surface area contributed by atoms with E-state index in [-0.39, 0.29) is 22.7 Å². The Morgan fingerprint density at radius 1 is 1.29 bits per heavy atom. The standard InChI is InChI=1S/C13H11N5O2S/c1-21(19,20)10-4-2-9(3-5-10)18-13(16)11(8-15)12(17-18)6-7-14/h2-5H,6,16H2,1H3. The van der Waals surface area contributed by atoms with Gasteiger partial charge < -0.3 is 5.73 Å². The van der Waals surface area contributed by atoms with Crippen molar-refractivity contribution in [2.75, 3.05) is 12.0 Å². The van der Waals surface area contributed by atoms with Crippen LogP contribution in [0.4, 0.5) is 5.82 Å². The highest BCUT2D eigenvalue weighted by atomic mass is 32.2. The van der Waals surface area contributed by atoms with Crippen molar-refractivity contribution in [3.8, 4) is 17.8 Å². The summed E-state index contributed by atoms with van der Waals surface area (Å²) in [7, 11) is -3.28. The van der Waals surface area contributed by atoms with E-state index in [1.165, 1.54) is 28.9 Å². The monoisotopic (exact) mass is 301 g/mol. The number of nitrogens with two attached hydrogens (primary N) is 1. The number of rotatable bonds is 3. The molecule has 0 fully saturated rings. The normalized spacial score (nSPS) is 10.8. The highest BCUT2D eigenvalue weighted by Gasteiger charge is 2.16. The molecular weight excluding hydrogens is 290 g/mol. The minimum absolute atomic E-state index is 0.0263. The maximum atomic E-state index is 11.4. The van der Waals surface area contributed by atoms with Crippen molar-refractivity contribution in [2.24, 2.45) is 0 Å². The zero-order valence-electron chi connectivity index (χ0n) is 11.1. The molecule has 0 spiro atoms. The van der Waals surface area contributed by atoms with E-state index in [1.807, 2.05) is 12.1 Å². The van der Waals surface area contributed by atoms with Crippen molar-refractivity contribution >= 4 is 15.7 Å².